The normalized spacial score (nSPS) is 42.5. The van der Waals surface area contributed by atoms with E-state index in [4.69, 9.17) is 22.1 Å². The lowest BCUT2D eigenvalue weighted by molar-refractivity contribution is -0.205. The molecule has 252 valence electrons. The monoisotopic (exact) mass is 670 g/mol. The van der Waals surface area contributed by atoms with Gasteiger partial charge >= 0.3 is 5.97 Å². The van der Waals surface area contributed by atoms with Gasteiger partial charge in [-0.25, -0.2) is 0 Å². The Kier molecular flexibility index (Phi) is 9.27. The molecule has 0 radical (unpaired) electrons. The zero-order valence-electron chi connectivity index (χ0n) is 27.8. The first-order chi connectivity index (χ1) is 21.7. The third-order valence-corrected chi connectivity index (χ3v) is 15.0. The number of Topliss-reactive ketones (excluding diaryl/α,β-unsaturated/α-hetero) is 1. The molecule has 1 aliphatic heterocycles. The minimum Gasteiger partial charge on any atom is -0.461 e. The van der Waals surface area contributed by atoms with Crippen molar-refractivity contribution in [1.82, 2.24) is 4.90 Å². The predicted octanol–water partition coefficient (Wildman–Crippen LogP) is 6.22. The van der Waals surface area contributed by atoms with Gasteiger partial charge in [-0.3, -0.25) is 14.4 Å². The molecule has 1 aromatic rings. The number of carbonyl (C=O) groups excluding carboxylic acids is 3. The lowest BCUT2D eigenvalue weighted by atomic mass is 9.44. The highest BCUT2D eigenvalue weighted by Crippen LogP contribution is 2.68. The van der Waals surface area contributed by atoms with E-state index >= 15 is 0 Å². The smallest absolute Gasteiger partial charge is 0.316 e. The molecule has 1 saturated heterocycles. The summed E-state index contributed by atoms with van der Waals surface area (Å²) in [6, 6.07) is 6.43. The number of ether oxygens (including phenoxy) is 1. The molecule has 9 heteroatoms. The van der Waals surface area contributed by atoms with E-state index < -0.39 is 29.1 Å². The summed E-state index contributed by atoms with van der Waals surface area (Å²) in [5.74, 6) is 0.969. The average molecular weight is 671 g/mol. The van der Waals surface area contributed by atoms with E-state index in [0.29, 0.717) is 48.0 Å². The second-order valence-electron chi connectivity index (χ2n) is 15.8. The molecule has 2 unspecified atom stereocenters. The standard InChI is InChI=1S/C37H51ClN2O5S/c1-6-35(4)17-29(36(5)21(2)11-13-37(22(3)33(35)43)14-12-28(41)32(36)37)45-30(42)20-46-27-15-24-18-40(19-25(24)16-27)34(44)31(39)23-7-9-26(38)10-8-23/h6-10,21-22,24-25,27,29,31-33,43H,1,11-20,39H2,2-5H3/t21-,22+,24?,25?,27?,29-,31-,32+,33+,35-,36+,37+/m1/s1. The molecule has 1 amide bonds. The topological polar surface area (TPSA) is 110 Å². The Labute approximate surface area is 283 Å². The van der Waals surface area contributed by atoms with Gasteiger partial charge in [-0.05, 0) is 85.3 Å². The molecule has 5 fully saturated rings. The van der Waals surface area contributed by atoms with Gasteiger partial charge in [0.25, 0.3) is 0 Å². The zero-order chi connectivity index (χ0) is 33.2. The van der Waals surface area contributed by atoms with E-state index in [0.717, 1.165) is 37.7 Å². The summed E-state index contributed by atoms with van der Waals surface area (Å²) in [4.78, 5) is 42.3. The van der Waals surface area contributed by atoms with Crippen LogP contribution in [0.4, 0.5) is 0 Å². The number of rotatable bonds is 7. The third kappa shape index (κ3) is 5.57. The van der Waals surface area contributed by atoms with E-state index in [1.807, 2.05) is 30.0 Å². The number of nitrogens with two attached hydrogens (primary N) is 1. The molecule has 6 rings (SSSR count). The van der Waals surface area contributed by atoms with Crippen LogP contribution < -0.4 is 5.73 Å². The molecule has 0 spiro atoms. The first-order valence-corrected chi connectivity index (χ1v) is 18.6. The number of amides is 1. The summed E-state index contributed by atoms with van der Waals surface area (Å²) in [7, 11) is 0. The van der Waals surface area contributed by atoms with Gasteiger partial charge < -0.3 is 20.5 Å². The van der Waals surface area contributed by atoms with Crippen LogP contribution >= 0.6 is 23.4 Å². The van der Waals surface area contributed by atoms with Crippen LogP contribution in [0.25, 0.3) is 0 Å². The highest BCUT2D eigenvalue weighted by atomic mass is 35.5. The molecule has 4 aliphatic carbocycles. The molecule has 7 nitrogen and oxygen atoms in total. The number of thioether (sulfide) groups is 1. The van der Waals surface area contributed by atoms with Crippen molar-refractivity contribution in [1.29, 1.82) is 0 Å². The molecule has 1 aromatic carbocycles. The maximum absolute atomic E-state index is 13.6. The molecule has 11 atom stereocenters. The van der Waals surface area contributed by atoms with Crippen molar-refractivity contribution in [3.05, 3.63) is 47.5 Å². The minimum atomic E-state index is -0.699. The first-order valence-electron chi connectivity index (χ1n) is 17.2. The Hall–Kier alpha value is -1.87. The molecule has 2 bridgehead atoms. The van der Waals surface area contributed by atoms with Crippen molar-refractivity contribution in [2.45, 2.75) is 96.1 Å². The van der Waals surface area contributed by atoms with Crippen LogP contribution in [0.3, 0.4) is 0 Å². The fourth-order valence-electron chi connectivity index (χ4n) is 10.4. The summed E-state index contributed by atoms with van der Waals surface area (Å²) in [6.45, 7) is 14.1. The molecular formula is C37H51ClN2O5S. The Bertz CT molecular complexity index is 1360. The Morgan fingerprint density at radius 2 is 1.83 bits per heavy atom. The number of carbonyl (C=O) groups is 3. The van der Waals surface area contributed by atoms with Gasteiger partial charge in [0.1, 0.15) is 17.9 Å². The third-order valence-electron chi connectivity index (χ3n) is 13.5. The van der Waals surface area contributed by atoms with Crippen molar-refractivity contribution >= 4 is 41.0 Å². The number of nitrogens with zero attached hydrogens (tertiary/aromatic N) is 1. The second kappa shape index (κ2) is 12.5. The van der Waals surface area contributed by atoms with Crippen LogP contribution in [-0.4, -0.2) is 64.0 Å². The van der Waals surface area contributed by atoms with Crippen molar-refractivity contribution in [3.8, 4) is 0 Å². The highest BCUT2D eigenvalue weighted by molar-refractivity contribution is 8.00. The van der Waals surface area contributed by atoms with Gasteiger partial charge in [-0.2, -0.15) is 0 Å². The summed E-state index contributed by atoms with van der Waals surface area (Å²) in [5.41, 5.74) is 5.66. The Morgan fingerprint density at radius 1 is 1.17 bits per heavy atom. The molecule has 1 heterocycles. The maximum Gasteiger partial charge on any atom is 0.316 e. The van der Waals surface area contributed by atoms with Gasteiger partial charge in [0.15, 0.2) is 0 Å². The number of esters is 1. The van der Waals surface area contributed by atoms with Gasteiger partial charge in [-0.1, -0.05) is 57.5 Å². The summed E-state index contributed by atoms with van der Waals surface area (Å²) < 4.78 is 6.45. The van der Waals surface area contributed by atoms with Crippen LogP contribution in [0.1, 0.15) is 84.2 Å². The van der Waals surface area contributed by atoms with E-state index in [1.165, 1.54) is 0 Å². The number of likely N-dealkylation sites (tertiary alicyclic amines) is 1. The van der Waals surface area contributed by atoms with Crippen LogP contribution in [0.15, 0.2) is 36.9 Å². The lowest BCUT2D eigenvalue weighted by Crippen LogP contribution is -2.63. The maximum atomic E-state index is 13.6. The van der Waals surface area contributed by atoms with E-state index in [9.17, 15) is 19.5 Å². The van der Waals surface area contributed by atoms with Crippen LogP contribution in [0, 0.1) is 45.8 Å². The number of aliphatic hydroxyl groups is 1. The molecule has 0 aromatic heterocycles. The molecule has 3 N–H and O–H groups in total. The highest BCUT2D eigenvalue weighted by Gasteiger charge is 2.68. The van der Waals surface area contributed by atoms with Crippen molar-refractivity contribution < 1.29 is 24.2 Å². The molecular weight excluding hydrogens is 620 g/mol. The summed E-state index contributed by atoms with van der Waals surface area (Å²) in [5, 5.41) is 12.7. The Balaban J connectivity index is 1.09. The van der Waals surface area contributed by atoms with Gasteiger partial charge in [0.05, 0.1) is 11.9 Å². The van der Waals surface area contributed by atoms with Gasteiger partial charge in [0, 0.05) is 46.5 Å². The number of fused-ring (bicyclic) bond motifs is 1. The lowest BCUT2D eigenvalue weighted by Gasteiger charge is -2.61. The molecule has 4 saturated carbocycles. The van der Waals surface area contributed by atoms with Crippen molar-refractivity contribution in [2.75, 3.05) is 18.8 Å². The SMILES string of the molecule is C=C[C@]1(C)C[C@@H](OC(=O)CSC2CC3CN(C(=O)[C@H](N)c4ccc(Cl)cc4)CC3C2)[C@]2(C)[C@H](C)CC[C@]3(CCC(=O)[C@H]32)[C@@H](C)[C@@H]1O. The Morgan fingerprint density at radius 3 is 2.46 bits per heavy atom. The van der Waals surface area contributed by atoms with Crippen LogP contribution in [-0.2, 0) is 19.1 Å². The minimum absolute atomic E-state index is 0.0489. The fraction of sp³-hybridized carbons (Fsp3) is 0.703. The average Bonchev–Trinajstić information content (AvgIpc) is 3.72. The molecule has 5 aliphatic rings. The molecule has 46 heavy (non-hydrogen) atoms. The van der Waals surface area contributed by atoms with E-state index in [-0.39, 0.29) is 46.6 Å². The quantitative estimate of drug-likeness (QED) is 0.262. The first kappa shape index (κ1) is 34.0. The van der Waals surface area contributed by atoms with Crippen LogP contribution in [0.5, 0.6) is 0 Å². The number of benzene rings is 1. The van der Waals surface area contributed by atoms with Gasteiger partial charge in [-0.15, -0.1) is 18.3 Å². The van der Waals surface area contributed by atoms with Crippen molar-refractivity contribution in [3.63, 3.8) is 0 Å². The number of hydrogen-bond donors (Lipinski definition) is 2. The van der Waals surface area contributed by atoms with Crippen molar-refractivity contribution in [2.24, 2.45) is 51.6 Å². The fourth-order valence-corrected chi connectivity index (χ4v) is 11.8. The van der Waals surface area contributed by atoms with Crippen LogP contribution in [0.2, 0.25) is 5.02 Å². The summed E-state index contributed by atoms with van der Waals surface area (Å²) >= 11 is 7.66. The van der Waals surface area contributed by atoms with E-state index in [1.54, 1.807) is 23.9 Å². The number of hydrogen-bond acceptors (Lipinski definition) is 7. The number of ketones is 1. The second-order valence-corrected chi connectivity index (χ2v) is 17.5. The van der Waals surface area contributed by atoms with E-state index in [2.05, 4.69) is 27.4 Å². The van der Waals surface area contributed by atoms with Gasteiger partial charge in [0.2, 0.25) is 5.91 Å². The number of halogens is 1. The summed E-state index contributed by atoms with van der Waals surface area (Å²) in [6.07, 6.45) is 6.26. The largest absolute Gasteiger partial charge is 0.461 e. The zero-order valence-corrected chi connectivity index (χ0v) is 29.3. The number of aliphatic hydroxyl groups excluding tert-OH is 1. The predicted molar refractivity (Wildman–Crippen MR) is 182 cm³/mol.